The maximum atomic E-state index is 4.31. The van der Waals surface area contributed by atoms with Crippen LogP contribution in [0, 0.1) is 17.8 Å². The average molecular weight is 257 g/mol. The van der Waals surface area contributed by atoms with E-state index in [4.69, 9.17) is 0 Å². The lowest BCUT2D eigenvalue weighted by Gasteiger charge is -2.28. The van der Waals surface area contributed by atoms with E-state index in [1.165, 1.54) is 51.6 Å². The normalized spacial score (nSPS) is 22.4. The van der Waals surface area contributed by atoms with E-state index < -0.39 is 0 Å². The van der Waals surface area contributed by atoms with Gasteiger partial charge in [-0.1, -0.05) is 18.8 Å². The second kappa shape index (κ2) is 5.79. The van der Waals surface area contributed by atoms with Gasteiger partial charge in [-0.2, -0.15) is 0 Å². The van der Waals surface area contributed by atoms with Gasteiger partial charge in [0, 0.05) is 19.4 Å². The first-order chi connectivity index (χ1) is 9.34. The molecule has 3 rings (SSSR count). The molecule has 3 nitrogen and oxygen atoms in total. The fourth-order valence-electron chi connectivity index (χ4n) is 3.42. The van der Waals surface area contributed by atoms with Gasteiger partial charge in [-0.25, -0.2) is 4.98 Å². The Morgan fingerprint density at radius 1 is 1.21 bits per heavy atom. The number of aryl methyl sites for hydroxylation is 1. The van der Waals surface area contributed by atoms with E-state index in [1.807, 2.05) is 24.0 Å². The third kappa shape index (κ3) is 2.84. The van der Waals surface area contributed by atoms with Gasteiger partial charge in [-0.15, -0.1) is 0 Å². The topological polar surface area (TPSA) is 21.1 Å². The predicted molar refractivity (Wildman–Crippen MR) is 76.6 cm³/mol. The molecule has 0 bridgehead atoms. The van der Waals surface area contributed by atoms with Crippen LogP contribution in [0.3, 0.4) is 0 Å². The average Bonchev–Trinajstić information content (AvgIpc) is 3.13. The Labute approximate surface area is 116 Å². The van der Waals surface area contributed by atoms with Gasteiger partial charge in [0.1, 0.15) is 0 Å². The van der Waals surface area contributed by atoms with Crippen molar-refractivity contribution in [1.29, 1.82) is 0 Å². The van der Waals surface area contributed by atoms with Crippen molar-refractivity contribution in [2.24, 2.45) is 13.0 Å². The molecular formula is C16H23N3. The number of hydrogen-bond donors (Lipinski definition) is 0. The molecule has 2 heterocycles. The highest BCUT2D eigenvalue weighted by Gasteiger charge is 2.30. The van der Waals surface area contributed by atoms with Crippen LogP contribution in [0.2, 0.25) is 0 Å². The third-order valence-corrected chi connectivity index (χ3v) is 4.53. The Balaban J connectivity index is 1.78. The van der Waals surface area contributed by atoms with E-state index in [1.54, 1.807) is 0 Å². The van der Waals surface area contributed by atoms with Crippen molar-refractivity contribution < 1.29 is 0 Å². The van der Waals surface area contributed by atoms with Gasteiger partial charge >= 0.3 is 0 Å². The van der Waals surface area contributed by atoms with Gasteiger partial charge in [-0.05, 0) is 50.6 Å². The maximum Gasteiger partial charge on any atom is 0.185 e. The first-order valence-corrected chi connectivity index (χ1v) is 7.57. The second-order valence-corrected chi connectivity index (χ2v) is 5.86. The molecule has 1 unspecified atom stereocenters. The highest BCUT2D eigenvalue weighted by atomic mass is 15.2. The predicted octanol–water partition coefficient (Wildman–Crippen LogP) is 2.43. The molecule has 0 radical (unpaired) electrons. The van der Waals surface area contributed by atoms with Crippen molar-refractivity contribution >= 4 is 0 Å². The molecule has 3 heteroatoms. The van der Waals surface area contributed by atoms with Crippen LogP contribution in [0.15, 0.2) is 12.4 Å². The molecule has 102 valence electrons. The minimum absolute atomic E-state index is 0.460. The standard InChI is InChI=1S/C16H23N3/c1-18-13-10-17-16(18)9-8-15(14-6-2-3-7-14)19-11-4-5-12-19/h10,13-15H,2-7,11-12H2,1H3. The Morgan fingerprint density at radius 3 is 2.58 bits per heavy atom. The summed E-state index contributed by atoms with van der Waals surface area (Å²) in [5.41, 5.74) is 0. The summed E-state index contributed by atoms with van der Waals surface area (Å²) >= 11 is 0. The molecule has 1 aliphatic carbocycles. The number of hydrogen-bond acceptors (Lipinski definition) is 2. The minimum Gasteiger partial charge on any atom is -0.327 e. The van der Waals surface area contributed by atoms with E-state index in [2.05, 4.69) is 21.7 Å². The van der Waals surface area contributed by atoms with E-state index in [0.29, 0.717) is 6.04 Å². The zero-order valence-corrected chi connectivity index (χ0v) is 11.8. The molecule has 1 atom stereocenters. The summed E-state index contributed by atoms with van der Waals surface area (Å²) in [7, 11) is 2.01. The largest absolute Gasteiger partial charge is 0.327 e. The van der Waals surface area contributed by atoms with Crippen molar-refractivity contribution in [2.45, 2.75) is 44.6 Å². The summed E-state index contributed by atoms with van der Waals surface area (Å²) in [6.45, 7) is 2.47. The molecule has 1 aromatic rings. The number of imidazole rings is 1. The van der Waals surface area contributed by atoms with E-state index in [9.17, 15) is 0 Å². The number of aromatic nitrogens is 2. The molecule has 1 aromatic heterocycles. The number of likely N-dealkylation sites (tertiary alicyclic amines) is 1. The van der Waals surface area contributed by atoms with Crippen LogP contribution in [0.5, 0.6) is 0 Å². The van der Waals surface area contributed by atoms with Gasteiger partial charge in [0.15, 0.2) is 5.82 Å². The van der Waals surface area contributed by atoms with E-state index in [-0.39, 0.29) is 0 Å². The van der Waals surface area contributed by atoms with Gasteiger partial charge in [0.25, 0.3) is 0 Å². The van der Waals surface area contributed by atoms with Crippen molar-refractivity contribution in [2.75, 3.05) is 13.1 Å². The van der Waals surface area contributed by atoms with E-state index >= 15 is 0 Å². The zero-order chi connectivity index (χ0) is 13.1. The van der Waals surface area contributed by atoms with Crippen LogP contribution in [-0.4, -0.2) is 33.6 Å². The van der Waals surface area contributed by atoms with Crippen LogP contribution in [-0.2, 0) is 7.05 Å². The highest BCUT2D eigenvalue weighted by Crippen LogP contribution is 2.31. The molecule has 0 N–H and O–H groups in total. The molecular weight excluding hydrogens is 234 g/mol. The quantitative estimate of drug-likeness (QED) is 0.759. The lowest BCUT2D eigenvalue weighted by atomic mass is 9.97. The van der Waals surface area contributed by atoms with Crippen molar-refractivity contribution in [3.05, 3.63) is 18.2 Å². The van der Waals surface area contributed by atoms with Crippen molar-refractivity contribution in [3.63, 3.8) is 0 Å². The highest BCUT2D eigenvalue weighted by molar-refractivity contribution is 5.25. The minimum atomic E-state index is 0.460. The van der Waals surface area contributed by atoms with Crippen LogP contribution < -0.4 is 0 Å². The molecule has 0 amide bonds. The maximum absolute atomic E-state index is 4.31. The summed E-state index contributed by atoms with van der Waals surface area (Å²) in [5, 5.41) is 0. The molecule has 1 saturated heterocycles. The fraction of sp³-hybridized carbons (Fsp3) is 0.688. The molecule has 0 spiro atoms. The lowest BCUT2D eigenvalue weighted by Crippen LogP contribution is -2.36. The Hall–Kier alpha value is -1.27. The van der Waals surface area contributed by atoms with E-state index in [0.717, 1.165) is 11.7 Å². The van der Waals surface area contributed by atoms with Gasteiger partial charge in [0.2, 0.25) is 0 Å². The summed E-state index contributed by atoms with van der Waals surface area (Å²) in [6, 6.07) is 0.460. The van der Waals surface area contributed by atoms with Gasteiger partial charge < -0.3 is 4.57 Å². The van der Waals surface area contributed by atoms with Gasteiger partial charge in [-0.3, -0.25) is 4.90 Å². The first-order valence-electron chi connectivity index (χ1n) is 7.57. The summed E-state index contributed by atoms with van der Waals surface area (Å²) in [4.78, 5) is 6.91. The van der Waals surface area contributed by atoms with Crippen molar-refractivity contribution in [3.8, 4) is 11.8 Å². The van der Waals surface area contributed by atoms with Gasteiger partial charge in [0.05, 0.1) is 6.04 Å². The van der Waals surface area contributed by atoms with Crippen LogP contribution in [0.4, 0.5) is 0 Å². The molecule has 1 aliphatic heterocycles. The Morgan fingerprint density at radius 2 is 1.95 bits per heavy atom. The third-order valence-electron chi connectivity index (χ3n) is 4.53. The summed E-state index contributed by atoms with van der Waals surface area (Å²) in [6.07, 6.45) is 12.0. The molecule has 2 fully saturated rings. The Kier molecular flexibility index (Phi) is 3.89. The van der Waals surface area contributed by atoms with Crippen LogP contribution >= 0.6 is 0 Å². The SMILES string of the molecule is Cn1ccnc1C#CC(C1CCCC1)N1CCCC1. The molecule has 19 heavy (non-hydrogen) atoms. The number of nitrogens with zero attached hydrogens (tertiary/aromatic N) is 3. The second-order valence-electron chi connectivity index (χ2n) is 5.86. The lowest BCUT2D eigenvalue weighted by molar-refractivity contribution is 0.224. The van der Waals surface area contributed by atoms with Crippen LogP contribution in [0.25, 0.3) is 0 Å². The summed E-state index contributed by atoms with van der Waals surface area (Å²) in [5.74, 6) is 8.52. The summed E-state index contributed by atoms with van der Waals surface area (Å²) < 4.78 is 2.00. The molecule has 2 aliphatic rings. The Bertz CT molecular complexity index is 452. The van der Waals surface area contributed by atoms with Crippen molar-refractivity contribution in [1.82, 2.24) is 14.5 Å². The molecule has 1 saturated carbocycles. The first kappa shape index (κ1) is 12.7. The van der Waals surface area contributed by atoms with Crippen LogP contribution in [0.1, 0.15) is 44.3 Å². The molecule has 0 aromatic carbocycles. The fourth-order valence-corrected chi connectivity index (χ4v) is 3.42. The zero-order valence-electron chi connectivity index (χ0n) is 11.8. The smallest absolute Gasteiger partial charge is 0.185 e. The monoisotopic (exact) mass is 257 g/mol. The number of rotatable bonds is 2.